The van der Waals surface area contributed by atoms with Crippen LogP contribution in [0.15, 0.2) is 40.8 Å². The van der Waals surface area contributed by atoms with Gasteiger partial charge in [0.15, 0.2) is 5.78 Å². The van der Waals surface area contributed by atoms with Gasteiger partial charge in [0.05, 0.1) is 6.07 Å². The quantitative estimate of drug-likeness (QED) is 0.423. The molecule has 0 unspecified atom stereocenters. The van der Waals surface area contributed by atoms with Crippen LogP contribution in [0.25, 0.3) is 0 Å². The SMILES string of the molecule is O=C(CCc1ccc([N+](=O)[O-])o1)c1ccc(C2CCCCC2)cc1. The van der Waals surface area contributed by atoms with Gasteiger partial charge in [0.2, 0.25) is 0 Å². The average molecular weight is 327 g/mol. The fourth-order valence-corrected chi connectivity index (χ4v) is 3.36. The predicted octanol–water partition coefficient (Wildman–Crippen LogP) is 5.05. The number of furan rings is 1. The minimum atomic E-state index is -0.574. The summed E-state index contributed by atoms with van der Waals surface area (Å²) < 4.78 is 5.08. The number of Topliss-reactive ketones (excluding diaryl/α,β-unsaturated/α-hetero) is 1. The minimum Gasteiger partial charge on any atom is -0.406 e. The molecule has 0 radical (unpaired) electrons. The van der Waals surface area contributed by atoms with Gasteiger partial charge in [-0.15, -0.1) is 0 Å². The van der Waals surface area contributed by atoms with Gasteiger partial charge in [-0.3, -0.25) is 14.9 Å². The third kappa shape index (κ3) is 3.91. The molecule has 126 valence electrons. The molecule has 0 bridgehead atoms. The number of carbonyl (C=O) groups excluding carboxylic acids is 1. The van der Waals surface area contributed by atoms with E-state index in [4.69, 9.17) is 4.42 Å². The maximum absolute atomic E-state index is 12.3. The zero-order valence-electron chi connectivity index (χ0n) is 13.6. The Morgan fingerprint density at radius 1 is 1.08 bits per heavy atom. The van der Waals surface area contributed by atoms with Crippen molar-refractivity contribution < 1.29 is 14.1 Å². The lowest BCUT2D eigenvalue weighted by Gasteiger charge is -2.22. The molecule has 1 aliphatic carbocycles. The van der Waals surface area contributed by atoms with Crippen molar-refractivity contribution in [3.63, 3.8) is 0 Å². The van der Waals surface area contributed by atoms with Crippen molar-refractivity contribution in [2.75, 3.05) is 0 Å². The first-order valence-corrected chi connectivity index (χ1v) is 8.50. The number of hydrogen-bond donors (Lipinski definition) is 0. The van der Waals surface area contributed by atoms with Crippen molar-refractivity contribution >= 4 is 11.7 Å². The molecular formula is C19H21NO4. The number of ketones is 1. The second kappa shape index (κ2) is 7.43. The Morgan fingerprint density at radius 2 is 1.79 bits per heavy atom. The summed E-state index contributed by atoms with van der Waals surface area (Å²) in [5.74, 6) is 0.846. The molecule has 24 heavy (non-hydrogen) atoms. The van der Waals surface area contributed by atoms with Crippen molar-refractivity contribution in [3.05, 3.63) is 63.4 Å². The molecule has 1 heterocycles. The maximum atomic E-state index is 12.3. The Bertz CT molecular complexity index is 711. The number of aryl methyl sites for hydroxylation is 1. The van der Waals surface area contributed by atoms with Crippen LogP contribution in [0.3, 0.4) is 0 Å². The molecule has 5 nitrogen and oxygen atoms in total. The van der Waals surface area contributed by atoms with E-state index >= 15 is 0 Å². The monoisotopic (exact) mass is 327 g/mol. The Hall–Kier alpha value is -2.43. The summed E-state index contributed by atoms with van der Waals surface area (Å²) in [6.07, 6.45) is 7.05. The summed E-state index contributed by atoms with van der Waals surface area (Å²) in [5, 5.41) is 10.6. The zero-order chi connectivity index (χ0) is 16.9. The molecule has 0 amide bonds. The molecule has 3 rings (SSSR count). The van der Waals surface area contributed by atoms with Crippen LogP contribution < -0.4 is 0 Å². The molecule has 1 aliphatic rings. The van der Waals surface area contributed by atoms with Crippen LogP contribution in [0.4, 0.5) is 5.88 Å². The standard InChI is InChI=1S/C19H21NO4/c21-18(12-10-17-11-13-19(24-17)20(22)23)16-8-6-15(7-9-16)14-4-2-1-3-5-14/h6-9,11,13-14H,1-5,10,12H2. The predicted molar refractivity (Wildman–Crippen MR) is 90.3 cm³/mol. The first kappa shape index (κ1) is 16.4. The van der Waals surface area contributed by atoms with Gasteiger partial charge in [0, 0.05) is 18.4 Å². The molecule has 1 aromatic heterocycles. The van der Waals surface area contributed by atoms with E-state index in [1.165, 1.54) is 43.7 Å². The summed E-state index contributed by atoms with van der Waals surface area (Å²) in [7, 11) is 0. The van der Waals surface area contributed by atoms with Crippen molar-refractivity contribution in [2.24, 2.45) is 0 Å². The summed E-state index contributed by atoms with van der Waals surface area (Å²) in [6.45, 7) is 0. The Morgan fingerprint density at radius 3 is 2.42 bits per heavy atom. The lowest BCUT2D eigenvalue weighted by molar-refractivity contribution is -0.402. The van der Waals surface area contributed by atoms with Crippen LogP contribution in [-0.4, -0.2) is 10.7 Å². The molecular weight excluding hydrogens is 306 g/mol. The Balaban J connectivity index is 1.57. The fraction of sp³-hybridized carbons (Fsp3) is 0.421. The van der Waals surface area contributed by atoms with Crippen molar-refractivity contribution in [1.82, 2.24) is 0 Å². The molecule has 0 atom stereocenters. The highest BCUT2D eigenvalue weighted by Crippen LogP contribution is 2.32. The number of nitrogens with zero attached hydrogens (tertiary/aromatic N) is 1. The van der Waals surface area contributed by atoms with E-state index in [1.807, 2.05) is 12.1 Å². The highest BCUT2D eigenvalue weighted by Gasteiger charge is 2.16. The van der Waals surface area contributed by atoms with Crippen LogP contribution in [0.1, 0.15) is 66.1 Å². The van der Waals surface area contributed by atoms with Crippen molar-refractivity contribution in [1.29, 1.82) is 0 Å². The molecule has 0 N–H and O–H groups in total. The second-order valence-electron chi connectivity index (χ2n) is 6.38. The van der Waals surface area contributed by atoms with E-state index in [1.54, 1.807) is 6.07 Å². The minimum absolute atomic E-state index is 0.0317. The number of rotatable bonds is 6. The zero-order valence-corrected chi connectivity index (χ0v) is 13.6. The Kier molecular flexibility index (Phi) is 5.08. The molecule has 2 aromatic rings. The molecule has 5 heteroatoms. The van der Waals surface area contributed by atoms with Crippen LogP contribution in [0, 0.1) is 10.1 Å². The largest absolute Gasteiger partial charge is 0.433 e. The summed E-state index contributed by atoms with van der Waals surface area (Å²) >= 11 is 0. The van der Waals surface area contributed by atoms with E-state index in [9.17, 15) is 14.9 Å². The topological polar surface area (TPSA) is 73.3 Å². The van der Waals surface area contributed by atoms with Gasteiger partial charge in [-0.1, -0.05) is 43.5 Å². The lowest BCUT2D eigenvalue weighted by atomic mass is 9.84. The molecule has 1 saturated carbocycles. The number of benzene rings is 1. The highest BCUT2D eigenvalue weighted by molar-refractivity contribution is 5.96. The summed E-state index contributed by atoms with van der Waals surface area (Å²) in [6, 6.07) is 10.8. The van der Waals surface area contributed by atoms with E-state index in [0.717, 1.165) is 0 Å². The van der Waals surface area contributed by atoms with Crippen molar-refractivity contribution in [3.8, 4) is 0 Å². The smallest absolute Gasteiger partial charge is 0.406 e. The molecule has 0 aliphatic heterocycles. The van der Waals surface area contributed by atoms with E-state index in [0.29, 0.717) is 23.7 Å². The third-order valence-electron chi connectivity index (χ3n) is 4.74. The molecule has 0 saturated heterocycles. The third-order valence-corrected chi connectivity index (χ3v) is 4.74. The van der Waals surface area contributed by atoms with Crippen LogP contribution in [0.5, 0.6) is 0 Å². The molecule has 0 spiro atoms. The van der Waals surface area contributed by atoms with Crippen LogP contribution in [-0.2, 0) is 6.42 Å². The van der Waals surface area contributed by atoms with E-state index in [2.05, 4.69) is 12.1 Å². The lowest BCUT2D eigenvalue weighted by Crippen LogP contribution is -2.05. The fourth-order valence-electron chi connectivity index (χ4n) is 3.36. The van der Waals surface area contributed by atoms with Gasteiger partial charge in [0.25, 0.3) is 0 Å². The summed E-state index contributed by atoms with van der Waals surface area (Å²) in [5.41, 5.74) is 2.02. The Labute approximate surface area is 140 Å². The van der Waals surface area contributed by atoms with Gasteiger partial charge in [-0.2, -0.15) is 0 Å². The number of nitro groups is 1. The van der Waals surface area contributed by atoms with E-state index in [-0.39, 0.29) is 18.1 Å². The first-order chi connectivity index (χ1) is 11.6. The summed E-state index contributed by atoms with van der Waals surface area (Å²) in [4.78, 5) is 22.3. The maximum Gasteiger partial charge on any atom is 0.433 e. The number of hydrogen-bond acceptors (Lipinski definition) is 4. The van der Waals surface area contributed by atoms with Crippen LogP contribution >= 0.6 is 0 Å². The van der Waals surface area contributed by atoms with Gasteiger partial charge < -0.3 is 4.42 Å². The average Bonchev–Trinajstić information content (AvgIpc) is 3.10. The van der Waals surface area contributed by atoms with Gasteiger partial charge >= 0.3 is 5.88 Å². The first-order valence-electron chi connectivity index (χ1n) is 8.50. The molecule has 1 aromatic carbocycles. The molecule has 1 fully saturated rings. The van der Waals surface area contributed by atoms with Gasteiger partial charge in [-0.05, 0) is 30.4 Å². The van der Waals surface area contributed by atoms with Gasteiger partial charge in [-0.25, -0.2) is 0 Å². The van der Waals surface area contributed by atoms with Crippen LogP contribution in [0.2, 0.25) is 0 Å². The van der Waals surface area contributed by atoms with Crippen molar-refractivity contribution in [2.45, 2.75) is 50.9 Å². The van der Waals surface area contributed by atoms with E-state index < -0.39 is 4.92 Å². The second-order valence-corrected chi connectivity index (χ2v) is 6.38. The number of carbonyl (C=O) groups is 1. The van der Waals surface area contributed by atoms with Gasteiger partial charge in [0.1, 0.15) is 10.7 Å². The highest BCUT2D eigenvalue weighted by atomic mass is 16.6. The normalized spacial score (nSPS) is 15.3.